The molecule has 1 aromatic heterocycles. The van der Waals surface area contributed by atoms with Crippen LogP contribution in [0.4, 0.5) is 4.79 Å². The smallest absolute Gasteiger partial charge is 0.410 e. The van der Waals surface area contributed by atoms with Gasteiger partial charge in [-0.25, -0.2) is 9.48 Å². The zero-order valence-electron chi connectivity index (χ0n) is 10.8. The molecule has 7 nitrogen and oxygen atoms in total. The maximum atomic E-state index is 11.9. The van der Waals surface area contributed by atoms with Crippen LogP contribution in [0.25, 0.3) is 0 Å². The van der Waals surface area contributed by atoms with E-state index in [-0.39, 0.29) is 6.09 Å². The quantitative estimate of drug-likeness (QED) is 0.735. The molecule has 2 atom stereocenters. The number of ether oxygens (including phenoxy) is 1. The van der Waals surface area contributed by atoms with E-state index in [1.54, 1.807) is 15.9 Å². The Labute approximate surface area is 105 Å². The van der Waals surface area contributed by atoms with Gasteiger partial charge in [-0.3, -0.25) is 0 Å². The standard InChI is InChI=1S/C11H17N5O2/c1-11(2,3)18-10(17)15-4-7-8(5-15)9(7)16-6-12-13-14-16/h6-9H,4-5H2,1-3H3. The minimum absolute atomic E-state index is 0.217. The lowest BCUT2D eigenvalue weighted by atomic mass is 10.2. The van der Waals surface area contributed by atoms with Gasteiger partial charge in [-0.05, 0) is 31.2 Å². The third kappa shape index (κ3) is 1.93. The number of piperidine rings is 1. The highest BCUT2D eigenvalue weighted by Gasteiger charge is 2.59. The van der Waals surface area contributed by atoms with Gasteiger partial charge < -0.3 is 9.64 Å². The van der Waals surface area contributed by atoms with Gasteiger partial charge >= 0.3 is 6.09 Å². The Balaban J connectivity index is 1.56. The molecule has 0 N–H and O–H groups in total. The van der Waals surface area contributed by atoms with E-state index in [0.717, 1.165) is 13.1 Å². The molecule has 0 radical (unpaired) electrons. The molecule has 0 aromatic carbocycles. The van der Waals surface area contributed by atoms with Crippen LogP contribution in [0.5, 0.6) is 0 Å². The molecule has 2 unspecified atom stereocenters. The van der Waals surface area contributed by atoms with Crippen molar-refractivity contribution in [3.05, 3.63) is 6.33 Å². The van der Waals surface area contributed by atoms with Crippen LogP contribution < -0.4 is 0 Å². The molecule has 1 aliphatic heterocycles. The van der Waals surface area contributed by atoms with Gasteiger partial charge in [-0.15, -0.1) is 5.10 Å². The summed E-state index contributed by atoms with van der Waals surface area (Å²) in [6.07, 6.45) is 1.42. The number of rotatable bonds is 1. The average molecular weight is 251 g/mol. The van der Waals surface area contributed by atoms with E-state index in [0.29, 0.717) is 17.9 Å². The number of carbonyl (C=O) groups is 1. The summed E-state index contributed by atoms with van der Waals surface area (Å²) in [6.45, 7) is 7.12. The van der Waals surface area contributed by atoms with Gasteiger partial charge in [0.15, 0.2) is 0 Å². The summed E-state index contributed by atoms with van der Waals surface area (Å²) in [5.74, 6) is 0.946. The molecule has 18 heavy (non-hydrogen) atoms. The zero-order valence-corrected chi connectivity index (χ0v) is 10.8. The lowest BCUT2D eigenvalue weighted by Gasteiger charge is -2.25. The Kier molecular flexibility index (Phi) is 2.33. The van der Waals surface area contributed by atoms with Crippen molar-refractivity contribution in [2.75, 3.05) is 13.1 Å². The highest BCUT2D eigenvalue weighted by atomic mass is 16.6. The highest BCUT2D eigenvalue weighted by molar-refractivity contribution is 5.69. The van der Waals surface area contributed by atoms with E-state index in [9.17, 15) is 4.79 Å². The average Bonchev–Trinajstić information content (AvgIpc) is 2.76. The van der Waals surface area contributed by atoms with Crippen molar-refractivity contribution in [3.8, 4) is 0 Å². The summed E-state index contributed by atoms with van der Waals surface area (Å²) in [5, 5.41) is 11.2. The van der Waals surface area contributed by atoms with Crippen LogP contribution >= 0.6 is 0 Å². The number of fused-ring (bicyclic) bond motifs is 1. The van der Waals surface area contributed by atoms with Crippen molar-refractivity contribution >= 4 is 6.09 Å². The molecule has 0 spiro atoms. The van der Waals surface area contributed by atoms with Crippen LogP contribution in [-0.2, 0) is 4.74 Å². The maximum Gasteiger partial charge on any atom is 0.410 e. The largest absolute Gasteiger partial charge is 0.444 e. The van der Waals surface area contributed by atoms with Crippen molar-refractivity contribution in [2.45, 2.75) is 32.4 Å². The molecular formula is C11H17N5O2. The molecule has 2 heterocycles. The van der Waals surface area contributed by atoms with Crippen LogP contribution in [0, 0.1) is 11.8 Å². The summed E-state index contributed by atoms with van der Waals surface area (Å²) >= 11 is 0. The summed E-state index contributed by atoms with van der Waals surface area (Å²) in [5.41, 5.74) is -0.431. The fraction of sp³-hybridized carbons (Fsp3) is 0.818. The minimum Gasteiger partial charge on any atom is -0.444 e. The first kappa shape index (κ1) is 11.4. The number of carbonyl (C=O) groups excluding carboxylic acids is 1. The number of tetrazole rings is 1. The number of amides is 1. The van der Waals surface area contributed by atoms with Crippen molar-refractivity contribution in [3.63, 3.8) is 0 Å². The molecule has 0 bridgehead atoms. The van der Waals surface area contributed by atoms with Crippen LogP contribution in [0.3, 0.4) is 0 Å². The highest BCUT2D eigenvalue weighted by Crippen LogP contribution is 2.54. The van der Waals surface area contributed by atoms with Crippen molar-refractivity contribution in [1.82, 2.24) is 25.1 Å². The van der Waals surface area contributed by atoms with Crippen LogP contribution in [0.2, 0.25) is 0 Å². The lowest BCUT2D eigenvalue weighted by Crippen LogP contribution is -2.37. The summed E-state index contributed by atoms with van der Waals surface area (Å²) in [4.78, 5) is 13.7. The molecule has 1 saturated carbocycles. The van der Waals surface area contributed by atoms with Gasteiger partial charge in [-0.1, -0.05) is 0 Å². The van der Waals surface area contributed by atoms with E-state index in [2.05, 4.69) is 15.5 Å². The predicted molar refractivity (Wildman–Crippen MR) is 61.6 cm³/mol. The molecule has 2 aliphatic rings. The molecular weight excluding hydrogens is 234 g/mol. The first-order chi connectivity index (χ1) is 8.46. The maximum absolute atomic E-state index is 11.9. The molecule has 2 fully saturated rings. The van der Waals surface area contributed by atoms with Crippen LogP contribution in [0.15, 0.2) is 6.33 Å². The Bertz CT molecular complexity index is 440. The summed E-state index contributed by atoms with van der Waals surface area (Å²) < 4.78 is 7.15. The van der Waals surface area contributed by atoms with Gasteiger partial charge in [0, 0.05) is 24.9 Å². The van der Waals surface area contributed by atoms with E-state index < -0.39 is 5.60 Å². The SMILES string of the molecule is CC(C)(C)OC(=O)N1CC2C(C1)C2n1cnnn1. The summed E-state index contributed by atoms with van der Waals surface area (Å²) in [7, 11) is 0. The lowest BCUT2D eigenvalue weighted by molar-refractivity contribution is 0.0265. The van der Waals surface area contributed by atoms with Gasteiger partial charge in [0.1, 0.15) is 11.9 Å². The fourth-order valence-electron chi connectivity index (χ4n) is 2.67. The predicted octanol–water partition coefficient (Wildman–Crippen LogP) is 0.711. The van der Waals surface area contributed by atoms with Crippen molar-refractivity contribution in [1.29, 1.82) is 0 Å². The number of hydrogen-bond donors (Lipinski definition) is 0. The van der Waals surface area contributed by atoms with Gasteiger partial charge in [-0.2, -0.15) is 0 Å². The van der Waals surface area contributed by atoms with Gasteiger partial charge in [0.2, 0.25) is 0 Å². The molecule has 1 aliphatic carbocycles. The third-order valence-corrected chi connectivity index (χ3v) is 3.47. The number of hydrogen-bond acceptors (Lipinski definition) is 5. The molecule has 7 heteroatoms. The van der Waals surface area contributed by atoms with Gasteiger partial charge in [0.05, 0.1) is 6.04 Å². The van der Waals surface area contributed by atoms with Crippen LogP contribution in [0.1, 0.15) is 26.8 Å². The fourth-order valence-corrected chi connectivity index (χ4v) is 2.67. The van der Waals surface area contributed by atoms with Crippen molar-refractivity contribution in [2.24, 2.45) is 11.8 Å². The van der Waals surface area contributed by atoms with E-state index in [4.69, 9.17) is 4.74 Å². The second kappa shape index (κ2) is 3.66. The van der Waals surface area contributed by atoms with E-state index in [1.807, 2.05) is 20.8 Å². The first-order valence-electron chi connectivity index (χ1n) is 6.16. The third-order valence-electron chi connectivity index (χ3n) is 3.47. The van der Waals surface area contributed by atoms with Crippen molar-refractivity contribution < 1.29 is 9.53 Å². The Hall–Kier alpha value is -1.66. The molecule has 1 saturated heterocycles. The summed E-state index contributed by atoms with van der Waals surface area (Å²) in [6, 6.07) is 0.360. The number of likely N-dealkylation sites (tertiary alicyclic amines) is 1. The Morgan fingerprint density at radius 3 is 2.50 bits per heavy atom. The first-order valence-corrected chi connectivity index (χ1v) is 6.16. The monoisotopic (exact) mass is 251 g/mol. The Morgan fingerprint density at radius 2 is 2.00 bits per heavy atom. The zero-order chi connectivity index (χ0) is 12.9. The van der Waals surface area contributed by atoms with Crippen LogP contribution in [-0.4, -0.2) is 49.9 Å². The molecule has 98 valence electrons. The minimum atomic E-state index is -0.431. The Morgan fingerprint density at radius 1 is 1.33 bits per heavy atom. The number of nitrogens with zero attached hydrogens (tertiary/aromatic N) is 5. The topological polar surface area (TPSA) is 73.1 Å². The second-order valence-electron chi connectivity index (χ2n) is 5.99. The van der Waals surface area contributed by atoms with E-state index in [1.165, 1.54) is 0 Å². The number of aromatic nitrogens is 4. The normalized spacial score (nSPS) is 30.2. The van der Waals surface area contributed by atoms with E-state index >= 15 is 0 Å². The molecule has 1 aromatic rings. The van der Waals surface area contributed by atoms with Gasteiger partial charge in [0.25, 0.3) is 0 Å². The molecule has 3 rings (SSSR count). The molecule has 1 amide bonds. The second-order valence-corrected chi connectivity index (χ2v) is 5.99.